The van der Waals surface area contributed by atoms with Gasteiger partial charge < -0.3 is 15.1 Å². The van der Waals surface area contributed by atoms with Crippen molar-refractivity contribution in [3.63, 3.8) is 0 Å². The van der Waals surface area contributed by atoms with Gasteiger partial charge in [-0.3, -0.25) is 0 Å². The third-order valence-electron chi connectivity index (χ3n) is 2.48. The fraction of sp³-hybridized carbons (Fsp3) is 0.273. The van der Waals surface area contributed by atoms with Gasteiger partial charge in [0, 0.05) is 0 Å². The molecule has 0 saturated heterocycles. The van der Waals surface area contributed by atoms with E-state index >= 15 is 0 Å². The van der Waals surface area contributed by atoms with Crippen molar-refractivity contribution < 1.29 is 8.81 Å². The molecule has 0 fully saturated rings. The molecule has 1 heterocycles. The summed E-state index contributed by atoms with van der Waals surface area (Å²) in [5.41, 5.74) is 0.317. The molecule has 8 heteroatoms. The van der Waals surface area contributed by atoms with E-state index in [1.54, 1.807) is 7.05 Å². The van der Waals surface area contributed by atoms with Crippen molar-refractivity contribution in [2.45, 2.75) is 13.0 Å². The summed E-state index contributed by atoms with van der Waals surface area (Å²) >= 11 is 11.8. The molecule has 102 valence electrons. The second-order valence-corrected chi connectivity index (χ2v) is 4.64. The van der Waals surface area contributed by atoms with Crippen LogP contribution in [0.15, 0.2) is 16.5 Å². The van der Waals surface area contributed by atoms with Crippen molar-refractivity contribution in [1.29, 1.82) is 0 Å². The Balaban J connectivity index is 2.24. The summed E-state index contributed by atoms with van der Waals surface area (Å²) in [6, 6.07) is 2.33. The molecule has 1 unspecified atom stereocenters. The zero-order valence-corrected chi connectivity index (χ0v) is 11.7. The van der Waals surface area contributed by atoms with Gasteiger partial charge in [-0.05, 0) is 26.1 Å². The second-order valence-electron chi connectivity index (χ2n) is 3.83. The largest absolute Gasteiger partial charge is 0.406 e. The molecule has 0 aliphatic carbocycles. The van der Waals surface area contributed by atoms with Crippen LogP contribution in [0.1, 0.15) is 18.9 Å². The fourth-order valence-corrected chi connectivity index (χ4v) is 1.91. The lowest BCUT2D eigenvalue weighted by atomic mass is 10.3. The van der Waals surface area contributed by atoms with Crippen LogP contribution in [0.5, 0.6) is 0 Å². The Bertz CT molecular complexity index is 567. The van der Waals surface area contributed by atoms with Crippen molar-refractivity contribution in [1.82, 2.24) is 15.5 Å². The predicted molar refractivity (Wildman–Crippen MR) is 71.5 cm³/mol. The average Bonchev–Trinajstić information content (AvgIpc) is 2.81. The Morgan fingerprint density at radius 1 is 1.26 bits per heavy atom. The van der Waals surface area contributed by atoms with E-state index < -0.39 is 5.82 Å². The third-order valence-corrected chi connectivity index (χ3v) is 3.08. The third kappa shape index (κ3) is 3.15. The van der Waals surface area contributed by atoms with Gasteiger partial charge in [-0.1, -0.05) is 28.3 Å². The molecule has 1 aromatic carbocycles. The molecule has 19 heavy (non-hydrogen) atoms. The summed E-state index contributed by atoms with van der Waals surface area (Å²) in [5.74, 6) is -0.102. The summed E-state index contributed by atoms with van der Waals surface area (Å²) in [6.07, 6.45) is 0. The van der Waals surface area contributed by atoms with Crippen molar-refractivity contribution in [2.75, 3.05) is 12.4 Å². The minimum Gasteiger partial charge on any atom is -0.406 e. The zero-order valence-electron chi connectivity index (χ0n) is 10.2. The van der Waals surface area contributed by atoms with Crippen LogP contribution in [0.3, 0.4) is 0 Å². The molecule has 2 rings (SSSR count). The smallest absolute Gasteiger partial charge is 0.320 e. The van der Waals surface area contributed by atoms with Crippen LogP contribution in [0.2, 0.25) is 10.0 Å². The molecule has 0 bridgehead atoms. The number of hydrogen-bond donors (Lipinski definition) is 2. The van der Waals surface area contributed by atoms with E-state index in [1.165, 1.54) is 0 Å². The molecule has 0 radical (unpaired) electrons. The maximum absolute atomic E-state index is 13.0. The lowest BCUT2D eigenvalue weighted by Gasteiger charge is -2.07. The Morgan fingerprint density at radius 2 is 1.89 bits per heavy atom. The van der Waals surface area contributed by atoms with Gasteiger partial charge in [-0.15, -0.1) is 5.10 Å². The van der Waals surface area contributed by atoms with Crippen LogP contribution in [-0.2, 0) is 0 Å². The molecule has 5 nitrogen and oxygen atoms in total. The Labute approximate surface area is 119 Å². The zero-order chi connectivity index (χ0) is 14.0. The van der Waals surface area contributed by atoms with Gasteiger partial charge >= 0.3 is 6.01 Å². The van der Waals surface area contributed by atoms with Gasteiger partial charge in [0.1, 0.15) is 5.82 Å². The van der Waals surface area contributed by atoms with E-state index in [4.69, 9.17) is 27.6 Å². The normalized spacial score (nSPS) is 12.5. The van der Waals surface area contributed by atoms with Crippen molar-refractivity contribution >= 4 is 34.9 Å². The maximum Gasteiger partial charge on any atom is 0.320 e. The van der Waals surface area contributed by atoms with Crippen LogP contribution in [0.4, 0.5) is 16.1 Å². The molecule has 1 aromatic heterocycles. The van der Waals surface area contributed by atoms with E-state index in [0.717, 1.165) is 12.1 Å². The standard InChI is InChI=1S/C11H11Cl2FN4O/c1-5(15-2)10-17-18-11(19-10)16-9-7(12)3-6(14)4-8(9)13/h3-5,15H,1-2H3,(H,16,18). The van der Waals surface area contributed by atoms with Gasteiger partial charge in [-0.2, -0.15) is 0 Å². The van der Waals surface area contributed by atoms with Crippen LogP contribution in [-0.4, -0.2) is 17.2 Å². The number of nitrogens with zero attached hydrogens (tertiary/aromatic N) is 2. The van der Waals surface area contributed by atoms with Crippen LogP contribution in [0, 0.1) is 5.82 Å². The summed E-state index contributed by atoms with van der Waals surface area (Å²) in [5, 5.41) is 13.7. The number of anilines is 2. The number of rotatable bonds is 4. The van der Waals surface area contributed by atoms with Crippen molar-refractivity contribution in [3.05, 3.63) is 33.9 Å². The van der Waals surface area contributed by atoms with Gasteiger partial charge in [-0.25, -0.2) is 4.39 Å². The molecule has 2 N–H and O–H groups in total. The first-order valence-corrected chi connectivity index (χ1v) is 6.19. The van der Waals surface area contributed by atoms with E-state index in [0.29, 0.717) is 11.6 Å². The Kier molecular flexibility index (Phi) is 4.24. The minimum absolute atomic E-state index is 0.0813. The molecule has 1 atom stereocenters. The first-order chi connectivity index (χ1) is 9.01. The number of benzene rings is 1. The molecular weight excluding hydrogens is 294 g/mol. The Morgan fingerprint density at radius 3 is 2.47 bits per heavy atom. The highest BCUT2D eigenvalue weighted by Crippen LogP contribution is 2.33. The van der Waals surface area contributed by atoms with E-state index in [1.807, 2.05) is 6.92 Å². The lowest BCUT2D eigenvalue weighted by molar-refractivity contribution is 0.443. The highest BCUT2D eigenvalue weighted by Gasteiger charge is 2.15. The molecule has 2 aromatic rings. The topological polar surface area (TPSA) is 63.0 Å². The molecule has 0 aliphatic rings. The van der Waals surface area contributed by atoms with Gasteiger partial charge in [0.2, 0.25) is 5.89 Å². The lowest BCUT2D eigenvalue weighted by Crippen LogP contribution is -2.12. The first-order valence-electron chi connectivity index (χ1n) is 5.43. The number of aromatic nitrogens is 2. The maximum atomic E-state index is 13.0. The molecule has 0 spiro atoms. The summed E-state index contributed by atoms with van der Waals surface area (Å²) in [6.45, 7) is 1.87. The van der Waals surface area contributed by atoms with Crippen LogP contribution < -0.4 is 10.6 Å². The summed E-state index contributed by atoms with van der Waals surface area (Å²) < 4.78 is 18.4. The predicted octanol–water partition coefficient (Wildman–Crippen LogP) is 3.54. The van der Waals surface area contributed by atoms with E-state index in [-0.39, 0.29) is 22.1 Å². The summed E-state index contributed by atoms with van der Waals surface area (Å²) in [4.78, 5) is 0. The minimum atomic E-state index is -0.518. The second kappa shape index (κ2) is 5.73. The monoisotopic (exact) mass is 304 g/mol. The fourth-order valence-electron chi connectivity index (χ4n) is 1.35. The van der Waals surface area contributed by atoms with Crippen LogP contribution >= 0.6 is 23.2 Å². The average molecular weight is 305 g/mol. The molecular formula is C11H11Cl2FN4O. The Hall–Kier alpha value is -1.37. The number of hydrogen-bond acceptors (Lipinski definition) is 5. The SMILES string of the molecule is CNC(C)c1nnc(Nc2c(Cl)cc(F)cc2Cl)o1. The van der Waals surface area contributed by atoms with Crippen molar-refractivity contribution in [2.24, 2.45) is 0 Å². The number of halogens is 3. The van der Waals surface area contributed by atoms with Gasteiger partial charge in [0.15, 0.2) is 0 Å². The summed E-state index contributed by atoms with van der Waals surface area (Å²) in [7, 11) is 1.77. The van der Waals surface area contributed by atoms with Crippen molar-refractivity contribution in [3.8, 4) is 0 Å². The van der Waals surface area contributed by atoms with E-state index in [2.05, 4.69) is 20.8 Å². The first kappa shape index (κ1) is 14.0. The molecule has 0 amide bonds. The van der Waals surface area contributed by atoms with E-state index in [9.17, 15) is 4.39 Å². The highest BCUT2D eigenvalue weighted by atomic mass is 35.5. The van der Waals surface area contributed by atoms with Gasteiger partial charge in [0.25, 0.3) is 0 Å². The quantitative estimate of drug-likeness (QED) is 0.904. The molecule has 0 saturated carbocycles. The van der Waals surface area contributed by atoms with Crippen LogP contribution in [0.25, 0.3) is 0 Å². The van der Waals surface area contributed by atoms with Gasteiger partial charge in [0.05, 0.1) is 21.8 Å². The number of nitrogens with one attached hydrogen (secondary N) is 2. The highest BCUT2D eigenvalue weighted by molar-refractivity contribution is 6.39. The molecule has 0 aliphatic heterocycles.